The van der Waals surface area contributed by atoms with Crippen molar-refractivity contribution in [2.45, 2.75) is 44.1 Å². The van der Waals surface area contributed by atoms with E-state index in [0.717, 1.165) is 0 Å². The first kappa shape index (κ1) is 13.8. The van der Waals surface area contributed by atoms with Crippen LogP contribution in [0.4, 0.5) is 0 Å². The number of hydrogen-bond acceptors (Lipinski definition) is 4. The lowest BCUT2D eigenvalue weighted by molar-refractivity contribution is -0.140. The first-order valence-corrected chi connectivity index (χ1v) is 6.29. The first-order valence-electron chi connectivity index (χ1n) is 5.41. The third kappa shape index (κ3) is 3.12. The normalized spacial score (nSPS) is 14.9. The van der Waals surface area contributed by atoms with Crippen LogP contribution in [0.3, 0.4) is 0 Å². The number of aliphatic carboxylic acids is 1. The molecule has 6 nitrogen and oxygen atoms in total. The highest BCUT2D eigenvalue weighted by Crippen LogP contribution is 2.26. The van der Waals surface area contributed by atoms with Gasteiger partial charge >= 0.3 is 11.7 Å². The molecule has 0 aliphatic rings. The minimum Gasteiger partial charge on any atom is -0.481 e. The molecule has 2 atom stereocenters. The van der Waals surface area contributed by atoms with Gasteiger partial charge in [0.25, 0.3) is 0 Å². The van der Waals surface area contributed by atoms with Gasteiger partial charge in [-0.15, -0.1) is 5.10 Å². The Hall–Kier alpha value is -1.24. The average Bonchev–Trinajstić information content (AvgIpc) is 2.58. The second-order valence-corrected chi connectivity index (χ2v) is 5.57. The minimum atomic E-state index is -0.848. The van der Waals surface area contributed by atoms with E-state index < -0.39 is 11.9 Å². The van der Waals surface area contributed by atoms with E-state index in [-0.39, 0.29) is 17.0 Å². The predicted molar refractivity (Wildman–Crippen MR) is 65.4 cm³/mol. The van der Waals surface area contributed by atoms with E-state index in [9.17, 15) is 9.59 Å². The molecule has 0 fully saturated rings. The third-order valence-electron chi connectivity index (χ3n) is 2.57. The smallest absolute Gasteiger partial charge is 0.344 e. The van der Waals surface area contributed by atoms with Gasteiger partial charge in [0.2, 0.25) is 0 Å². The van der Waals surface area contributed by atoms with Gasteiger partial charge in [-0.25, -0.2) is 9.89 Å². The number of carboxylic acids is 1. The number of nitrogens with zero attached hydrogens (tertiary/aromatic N) is 2. The van der Waals surface area contributed by atoms with Crippen molar-refractivity contribution in [3.63, 3.8) is 0 Å². The lowest BCUT2D eigenvalue weighted by atomic mass is 10.1. The monoisotopic (exact) mass is 259 g/mol. The lowest BCUT2D eigenvalue weighted by Crippen LogP contribution is -2.23. The molecule has 0 radical (unpaired) electrons. The summed E-state index contributed by atoms with van der Waals surface area (Å²) in [6.45, 7) is 7.22. The van der Waals surface area contributed by atoms with Crippen LogP contribution < -0.4 is 5.69 Å². The molecule has 1 aromatic rings. The summed E-state index contributed by atoms with van der Waals surface area (Å²) in [6, 6.07) is -0.00363. The van der Waals surface area contributed by atoms with Crippen LogP contribution in [0.2, 0.25) is 0 Å². The summed E-state index contributed by atoms with van der Waals surface area (Å²) in [5.41, 5.74) is -0.266. The molecule has 7 heteroatoms. The zero-order valence-electron chi connectivity index (χ0n) is 10.3. The number of hydrogen-bond donors (Lipinski definition) is 2. The van der Waals surface area contributed by atoms with Crippen LogP contribution >= 0.6 is 11.8 Å². The maximum atomic E-state index is 11.5. The Bertz CT molecular complexity index is 452. The summed E-state index contributed by atoms with van der Waals surface area (Å²) in [4.78, 5) is 22.3. The predicted octanol–water partition coefficient (Wildman–Crippen LogP) is 1.35. The van der Waals surface area contributed by atoms with Gasteiger partial charge in [-0.05, 0) is 13.8 Å². The molecule has 0 bridgehead atoms. The van der Waals surface area contributed by atoms with Crippen molar-refractivity contribution in [3.05, 3.63) is 10.5 Å². The SMILES string of the molecule is CC(Sc1n[nH]c(=O)n1C(C)C)C(C)C(=O)O. The Kier molecular flexibility index (Phi) is 4.39. The maximum absolute atomic E-state index is 11.5. The van der Waals surface area contributed by atoms with Gasteiger partial charge in [-0.2, -0.15) is 0 Å². The zero-order valence-corrected chi connectivity index (χ0v) is 11.1. The molecular weight excluding hydrogens is 242 g/mol. The van der Waals surface area contributed by atoms with E-state index in [2.05, 4.69) is 10.2 Å². The van der Waals surface area contributed by atoms with Crippen molar-refractivity contribution < 1.29 is 9.90 Å². The fourth-order valence-corrected chi connectivity index (χ4v) is 2.46. The van der Waals surface area contributed by atoms with Crippen LogP contribution in [-0.2, 0) is 4.79 Å². The van der Waals surface area contributed by atoms with E-state index in [1.807, 2.05) is 20.8 Å². The molecular formula is C10H17N3O3S. The van der Waals surface area contributed by atoms with Crippen LogP contribution in [0.25, 0.3) is 0 Å². The van der Waals surface area contributed by atoms with Crippen molar-refractivity contribution in [3.8, 4) is 0 Å². The second kappa shape index (κ2) is 5.39. The average molecular weight is 259 g/mol. The fourth-order valence-electron chi connectivity index (χ4n) is 1.30. The van der Waals surface area contributed by atoms with Gasteiger partial charge in [-0.1, -0.05) is 25.6 Å². The van der Waals surface area contributed by atoms with E-state index >= 15 is 0 Å². The van der Waals surface area contributed by atoms with Gasteiger partial charge in [0.05, 0.1) is 5.92 Å². The molecule has 1 rings (SSSR count). The number of H-pyrrole nitrogens is 1. The van der Waals surface area contributed by atoms with Crippen LogP contribution in [0.1, 0.15) is 33.7 Å². The summed E-state index contributed by atoms with van der Waals surface area (Å²) in [7, 11) is 0. The summed E-state index contributed by atoms with van der Waals surface area (Å²) >= 11 is 1.30. The molecule has 0 saturated carbocycles. The molecule has 0 aromatic carbocycles. The molecule has 96 valence electrons. The highest BCUT2D eigenvalue weighted by molar-refractivity contribution is 7.99. The van der Waals surface area contributed by atoms with E-state index in [0.29, 0.717) is 5.16 Å². The maximum Gasteiger partial charge on any atom is 0.344 e. The van der Waals surface area contributed by atoms with E-state index in [1.165, 1.54) is 16.3 Å². The Morgan fingerprint density at radius 3 is 2.47 bits per heavy atom. The number of carbonyl (C=O) groups is 1. The van der Waals surface area contributed by atoms with Crippen LogP contribution in [-0.4, -0.2) is 31.1 Å². The van der Waals surface area contributed by atoms with Gasteiger partial charge < -0.3 is 5.11 Å². The standard InChI is InChI=1S/C10H17N3O3S/c1-5(2)13-9(16)11-12-10(13)17-7(4)6(3)8(14)15/h5-7H,1-4H3,(H,11,16)(H,14,15). The summed E-state index contributed by atoms with van der Waals surface area (Å²) in [5.74, 6) is -1.34. The van der Waals surface area contributed by atoms with Crippen molar-refractivity contribution in [2.75, 3.05) is 0 Å². The Labute approximate surface area is 103 Å². The van der Waals surface area contributed by atoms with Crippen LogP contribution in [0, 0.1) is 5.92 Å². The third-order valence-corrected chi connectivity index (χ3v) is 3.85. The highest BCUT2D eigenvalue weighted by atomic mass is 32.2. The lowest BCUT2D eigenvalue weighted by Gasteiger charge is -2.16. The molecule has 0 aliphatic heterocycles. The summed E-state index contributed by atoms with van der Waals surface area (Å²) < 4.78 is 1.52. The van der Waals surface area contributed by atoms with Crippen molar-refractivity contribution in [2.24, 2.45) is 5.92 Å². The number of aromatic amines is 1. The van der Waals surface area contributed by atoms with Gasteiger partial charge in [0.1, 0.15) is 0 Å². The number of nitrogens with one attached hydrogen (secondary N) is 1. The van der Waals surface area contributed by atoms with Gasteiger partial charge in [0, 0.05) is 11.3 Å². The molecule has 2 N–H and O–H groups in total. The van der Waals surface area contributed by atoms with Gasteiger partial charge in [-0.3, -0.25) is 9.36 Å². The Balaban J connectivity index is 2.89. The molecule has 2 unspecified atom stereocenters. The second-order valence-electron chi connectivity index (χ2n) is 4.22. The minimum absolute atomic E-state index is 0.00363. The van der Waals surface area contributed by atoms with Crippen molar-refractivity contribution in [1.82, 2.24) is 14.8 Å². The molecule has 0 amide bonds. The quantitative estimate of drug-likeness (QED) is 0.779. The Morgan fingerprint density at radius 1 is 1.41 bits per heavy atom. The van der Waals surface area contributed by atoms with Crippen LogP contribution in [0.15, 0.2) is 9.95 Å². The number of carboxylic acid groups (broad SMARTS) is 1. The van der Waals surface area contributed by atoms with Crippen molar-refractivity contribution in [1.29, 1.82) is 0 Å². The number of thioether (sulfide) groups is 1. The molecule has 17 heavy (non-hydrogen) atoms. The van der Waals surface area contributed by atoms with Crippen LogP contribution in [0.5, 0.6) is 0 Å². The van der Waals surface area contributed by atoms with Crippen molar-refractivity contribution >= 4 is 17.7 Å². The molecule has 1 aromatic heterocycles. The largest absolute Gasteiger partial charge is 0.481 e. The molecule has 0 aliphatic carbocycles. The molecule has 0 saturated heterocycles. The van der Waals surface area contributed by atoms with E-state index in [1.54, 1.807) is 6.92 Å². The molecule has 0 spiro atoms. The fraction of sp³-hybridized carbons (Fsp3) is 0.700. The topological polar surface area (TPSA) is 88.0 Å². The van der Waals surface area contributed by atoms with E-state index in [4.69, 9.17) is 5.11 Å². The zero-order chi connectivity index (χ0) is 13.2. The Morgan fingerprint density at radius 2 is 2.00 bits per heavy atom. The first-order chi connectivity index (χ1) is 7.84. The highest BCUT2D eigenvalue weighted by Gasteiger charge is 2.23. The summed E-state index contributed by atoms with van der Waals surface area (Å²) in [5, 5.41) is 15.6. The van der Waals surface area contributed by atoms with Gasteiger partial charge in [0.15, 0.2) is 5.16 Å². The number of rotatable bonds is 5. The number of aromatic nitrogens is 3. The summed E-state index contributed by atoms with van der Waals surface area (Å²) in [6.07, 6.45) is 0. The molecule has 1 heterocycles.